The summed E-state index contributed by atoms with van der Waals surface area (Å²) in [4.78, 5) is 23.0. The van der Waals surface area contributed by atoms with E-state index in [0.717, 1.165) is 0 Å². The zero-order valence-corrected chi connectivity index (χ0v) is 16.6. The first-order valence-electron chi connectivity index (χ1n) is 8.34. The van der Waals surface area contributed by atoms with Crippen molar-refractivity contribution in [1.82, 2.24) is 4.72 Å². The third-order valence-electron chi connectivity index (χ3n) is 3.57. The van der Waals surface area contributed by atoms with Crippen LogP contribution in [-0.2, 0) is 14.8 Å². The van der Waals surface area contributed by atoms with Gasteiger partial charge in [-0.25, -0.2) is 13.1 Å². The van der Waals surface area contributed by atoms with E-state index >= 15 is 0 Å². The summed E-state index contributed by atoms with van der Waals surface area (Å²) in [5, 5.41) is 2.66. The van der Waals surface area contributed by atoms with E-state index in [1.807, 2.05) is 6.92 Å². The SMILES string of the molecule is CCCNS(=O)(=O)c1ccc(OCC(=O)Nc2ccc(C(N)=O)cc2)c(Cl)c1. The van der Waals surface area contributed by atoms with Crippen LogP contribution in [0.2, 0.25) is 5.02 Å². The van der Waals surface area contributed by atoms with Crippen LogP contribution in [0.5, 0.6) is 5.75 Å². The lowest BCUT2D eigenvalue weighted by molar-refractivity contribution is -0.118. The van der Waals surface area contributed by atoms with Crippen molar-refractivity contribution in [3.63, 3.8) is 0 Å². The van der Waals surface area contributed by atoms with Gasteiger partial charge in [0, 0.05) is 17.8 Å². The Morgan fingerprint density at radius 3 is 2.39 bits per heavy atom. The molecule has 0 bridgehead atoms. The molecule has 0 unspecified atom stereocenters. The molecule has 0 aromatic heterocycles. The fraction of sp³-hybridized carbons (Fsp3) is 0.222. The minimum absolute atomic E-state index is 0.0114. The van der Waals surface area contributed by atoms with Gasteiger partial charge in [0.2, 0.25) is 15.9 Å². The third-order valence-corrected chi connectivity index (χ3v) is 5.32. The molecule has 0 aliphatic carbocycles. The number of ether oxygens (including phenoxy) is 1. The van der Waals surface area contributed by atoms with Gasteiger partial charge in [0.15, 0.2) is 6.61 Å². The van der Waals surface area contributed by atoms with Gasteiger partial charge < -0.3 is 15.8 Å². The maximum Gasteiger partial charge on any atom is 0.262 e. The van der Waals surface area contributed by atoms with Gasteiger partial charge >= 0.3 is 0 Å². The summed E-state index contributed by atoms with van der Waals surface area (Å²) in [6, 6.07) is 10.0. The quantitative estimate of drug-likeness (QED) is 0.567. The average molecular weight is 426 g/mol. The molecular formula is C18H20ClN3O5S. The van der Waals surface area contributed by atoms with Crippen LogP contribution in [0.15, 0.2) is 47.4 Å². The van der Waals surface area contributed by atoms with Crippen molar-refractivity contribution in [1.29, 1.82) is 0 Å². The standard InChI is InChI=1S/C18H20ClN3O5S/c1-2-9-21-28(25,26)14-7-8-16(15(19)10-14)27-11-17(23)22-13-5-3-12(4-6-13)18(20)24/h3-8,10,21H,2,9,11H2,1H3,(H2,20,24)(H,22,23). The first-order valence-corrected chi connectivity index (χ1v) is 10.2. The Labute approximate surface area is 168 Å². The average Bonchev–Trinajstić information content (AvgIpc) is 2.65. The minimum Gasteiger partial charge on any atom is -0.482 e. The van der Waals surface area contributed by atoms with Crippen LogP contribution in [0.4, 0.5) is 5.69 Å². The Kier molecular flexibility index (Phi) is 7.38. The molecule has 150 valence electrons. The Morgan fingerprint density at radius 2 is 1.82 bits per heavy atom. The Hall–Kier alpha value is -2.62. The van der Waals surface area contributed by atoms with Crippen molar-refractivity contribution in [3.8, 4) is 5.75 Å². The topological polar surface area (TPSA) is 128 Å². The van der Waals surface area contributed by atoms with Crippen LogP contribution in [0.1, 0.15) is 23.7 Å². The van der Waals surface area contributed by atoms with Gasteiger partial charge in [0.1, 0.15) is 5.75 Å². The lowest BCUT2D eigenvalue weighted by Gasteiger charge is -2.11. The molecular weight excluding hydrogens is 406 g/mol. The molecule has 4 N–H and O–H groups in total. The van der Waals surface area contributed by atoms with Crippen molar-refractivity contribution >= 4 is 39.1 Å². The maximum absolute atomic E-state index is 12.1. The molecule has 0 saturated heterocycles. The molecule has 10 heteroatoms. The van der Waals surface area contributed by atoms with Gasteiger partial charge in [-0.2, -0.15) is 0 Å². The van der Waals surface area contributed by atoms with E-state index in [1.54, 1.807) is 0 Å². The van der Waals surface area contributed by atoms with Crippen molar-refractivity contribution in [2.45, 2.75) is 18.2 Å². The number of halogens is 1. The molecule has 0 spiro atoms. The van der Waals surface area contributed by atoms with Crippen LogP contribution >= 0.6 is 11.6 Å². The second-order valence-corrected chi connectivity index (χ2v) is 7.94. The number of hydrogen-bond acceptors (Lipinski definition) is 5. The third kappa shape index (κ3) is 5.95. The van der Waals surface area contributed by atoms with Crippen LogP contribution in [-0.4, -0.2) is 33.4 Å². The molecule has 2 aromatic rings. The highest BCUT2D eigenvalue weighted by molar-refractivity contribution is 7.89. The van der Waals surface area contributed by atoms with Crippen LogP contribution in [0.25, 0.3) is 0 Å². The Bertz CT molecular complexity index is 962. The molecule has 0 aliphatic rings. The van der Waals surface area contributed by atoms with Gasteiger partial charge in [-0.15, -0.1) is 0 Å². The highest BCUT2D eigenvalue weighted by Gasteiger charge is 2.16. The van der Waals surface area contributed by atoms with Gasteiger partial charge in [0.05, 0.1) is 9.92 Å². The highest BCUT2D eigenvalue weighted by Crippen LogP contribution is 2.27. The number of benzene rings is 2. The number of primary amides is 1. The van der Waals surface area contributed by atoms with E-state index < -0.39 is 21.8 Å². The van der Waals surface area contributed by atoms with E-state index in [2.05, 4.69) is 10.0 Å². The fourth-order valence-electron chi connectivity index (χ4n) is 2.14. The number of carbonyl (C=O) groups excluding carboxylic acids is 2. The number of nitrogens with one attached hydrogen (secondary N) is 2. The zero-order chi connectivity index (χ0) is 20.7. The minimum atomic E-state index is -3.65. The second kappa shape index (κ2) is 9.54. The normalized spacial score (nSPS) is 11.1. The Morgan fingerprint density at radius 1 is 1.14 bits per heavy atom. The first-order chi connectivity index (χ1) is 13.2. The molecule has 2 rings (SSSR count). The van der Waals surface area contributed by atoms with Gasteiger partial charge in [-0.3, -0.25) is 9.59 Å². The van der Waals surface area contributed by atoms with Crippen molar-refractivity contribution in [2.24, 2.45) is 5.73 Å². The fourth-order valence-corrected chi connectivity index (χ4v) is 3.60. The van der Waals surface area contributed by atoms with E-state index in [0.29, 0.717) is 24.2 Å². The number of anilines is 1. The largest absolute Gasteiger partial charge is 0.482 e. The van der Waals surface area contributed by atoms with Gasteiger partial charge in [-0.05, 0) is 48.9 Å². The summed E-state index contributed by atoms with van der Waals surface area (Å²) in [5.74, 6) is -0.842. The van der Waals surface area contributed by atoms with Crippen LogP contribution in [0.3, 0.4) is 0 Å². The van der Waals surface area contributed by atoms with Gasteiger partial charge in [0.25, 0.3) is 5.91 Å². The lowest BCUT2D eigenvalue weighted by atomic mass is 10.2. The van der Waals surface area contributed by atoms with E-state index in [9.17, 15) is 18.0 Å². The molecule has 0 radical (unpaired) electrons. The molecule has 0 fully saturated rings. The number of rotatable bonds is 9. The molecule has 0 heterocycles. The molecule has 8 nitrogen and oxygen atoms in total. The predicted molar refractivity (Wildman–Crippen MR) is 106 cm³/mol. The zero-order valence-electron chi connectivity index (χ0n) is 15.1. The lowest BCUT2D eigenvalue weighted by Crippen LogP contribution is -2.24. The number of nitrogens with two attached hydrogens (primary N) is 1. The molecule has 2 amide bonds. The van der Waals surface area contributed by atoms with Crippen LogP contribution in [0, 0.1) is 0 Å². The van der Waals surface area contributed by atoms with E-state index in [-0.39, 0.29) is 22.3 Å². The Balaban J connectivity index is 1.96. The molecule has 0 aliphatic heterocycles. The summed E-state index contributed by atoms with van der Waals surface area (Å²) >= 11 is 6.07. The number of sulfonamides is 1. The summed E-state index contributed by atoms with van der Waals surface area (Å²) in [6.45, 7) is 1.83. The summed E-state index contributed by atoms with van der Waals surface area (Å²) in [5.41, 5.74) is 5.94. The summed E-state index contributed by atoms with van der Waals surface area (Å²) in [7, 11) is -3.65. The van der Waals surface area contributed by atoms with Crippen molar-refractivity contribution in [3.05, 3.63) is 53.1 Å². The van der Waals surface area contributed by atoms with E-state index in [1.165, 1.54) is 42.5 Å². The summed E-state index contributed by atoms with van der Waals surface area (Å²) in [6.07, 6.45) is 0.661. The van der Waals surface area contributed by atoms with Gasteiger partial charge in [-0.1, -0.05) is 18.5 Å². The maximum atomic E-state index is 12.1. The molecule has 28 heavy (non-hydrogen) atoms. The van der Waals surface area contributed by atoms with Crippen molar-refractivity contribution in [2.75, 3.05) is 18.5 Å². The summed E-state index contributed by atoms with van der Waals surface area (Å²) < 4.78 is 32.0. The molecule has 0 atom stereocenters. The number of amides is 2. The highest BCUT2D eigenvalue weighted by atomic mass is 35.5. The monoisotopic (exact) mass is 425 g/mol. The second-order valence-electron chi connectivity index (χ2n) is 5.77. The van der Waals surface area contributed by atoms with Crippen LogP contribution < -0.4 is 20.5 Å². The number of hydrogen-bond donors (Lipinski definition) is 3. The van der Waals surface area contributed by atoms with Crippen molar-refractivity contribution < 1.29 is 22.7 Å². The smallest absolute Gasteiger partial charge is 0.262 e. The molecule has 0 saturated carbocycles. The van der Waals surface area contributed by atoms with E-state index in [4.69, 9.17) is 22.1 Å². The number of carbonyl (C=O) groups is 2. The first kappa shape index (κ1) is 21.7. The predicted octanol–water partition coefficient (Wildman–Crippen LogP) is 2.14. The molecule has 2 aromatic carbocycles.